The van der Waals surface area contributed by atoms with Crippen molar-refractivity contribution in [3.8, 4) is 11.3 Å². The molecule has 4 rings (SSSR count). The molecule has 3 aromatic heterocycles. The monoisotopic (exact) mass is 317 g/mol. The Morgan fingerprint density at radius 2 is 2.04 bits per heavy atom. The molecule has 24 heavy (non-hydrogen) atoms. The SMILES string of the molecule is Cc1cc(-c2ncccc2Cc2ccn3cncc3c2)ccc1F. The number of imidazole rings is 1. The Hall–Kier alpha value is -3.01. The van der Waals surface area contributed by atoms with Crippen LogP contribution in [0.1, 0.15) is 16.7 Å². The predicted octanol–water partition coefficient (Wildman–Crippen LogP) is 4.43. The van der Waals surface area contributed by atoms with Crippen LogP contribution in [0, 0.1) is 12.7 Å². The number of rotatable bonds is 3. The molecule has 0 bridgehead atoms. The van der Waals surface area contributed by atoms with Crippen molar-refractivity contribution in [1.82, 2.24) is 14.4 Å². The first kappa shape index (κ1) is 14.6. The number of pyridine rings is 2. The van der Waals surface area contributed by atoms with Gasteiger partial charge in [-0.3, -0.25) is 4.98 Å². The van der Waals surface area contributed by atoms with Gasteiger partial charge in [-0.05, 0) is 66.4 Å². The number of aryl methyl sites for hydroxylation is 1. The first-order valence-corrected chi connectivity index (χ1v) is 7.82. The lowest BCUT2D eigenvalue weighted by molar-refractivity contribution is 0.618. The molecule has 0 amide bonds. The highest BCUT2D eigenvalue weighted by molar-refractivity contribution is 5.64. The lowest BCUT2D eigenvalue weighted by atomic mass is 9.99. The Kier molecular flexibility index (Phi) is 3.58. The number of halogens is 1. The van der Waals surface area contributed by atoms with Crippen LogP contribution in [0.5, 0.6) is 0 Å². The second-order valence-electron chi connectivity index (χ2n) is 5.91. The molecule has 4 aromatic rings. The van der Waals surface area contributed by atoms with E-state index >= 15 is 0 Å². The third-order valence-corrected chi connectivity index (χ3v) is 4.20. The van der Waals surface area contributed by atoms with E-state index in [1.165, 1.54) is 11.6 Å². The van der Waals surface area contributed by atoms with E-state index in [2.05, 4.69) is 28.2 Å². The van der Waals surface area contributed by atoms with Gasteiger partial charge in [-0.1, -0.05) is 6.07 Å². The summed E-state index contributed by atoms with van der Waals surface area (Å²) in [6.07, 6.45) is 8.18. The fourth-order valence-electron chi connectivity index (χ4n) is 2.93. The highest BCUT2D eigenvalue weighted by Crippen LogP contribution is 2.25. The van der Waals surface area contributed by atoms with Crippen molar-refractivity contribution in [2.45, 2.75) is 13.3 Å². The van der Waals surface area contributed by atoms with Crippen LogP contribution in [0.3, 0.4) is 0 Å². The molecule has 0 spiro atoms. The largest absolute Gasteiger partial charge is 0.306 e. The minimum atomic E-state index is -0.192. The van der Waals surface area contributed by atoms with Crippen molar-refractivity contribution in [1.29, 1.82) is 0 Å². The van der Waals surface area contributed by atoms with Crippen molar-refractivity contribution in [2.24, 2.45) is 0 Å². The van der Waals surface area contributed by atoms with Gasteiger partial charge in [0.15, 0.2) is 0 Å². The molecule has 1 aromatic carbocycles. The summed E-state index contributed by atoms with van der Waals surface area (Å²) < 4.78 is 15.5. The highest BCUT2D eigenvalue weighted by atomic mass is 19.1. The quantitative estimate of drug-likeness (QED) is 0.559. The second kappa shape index (κ2) is 5.89. The topological polar surface area (TPSA) is 30.2 Å². The van der Waals surface area contributed by atoms with Crippen molar-refractivity contribution in [3.05, 3.63) is 89.9 Å². The van der Waals surface area contributed by atoms with E-state index in [0.717, 1.165) is 28.8 Å². The number of nitrogens with zero attached hydrogens (tertiary/aromatic N) is 3. The Labute approximate surface area is 139 Å². The number of hydrogen-bond acceptors (Lipinski definition) is 2. The molecule has 0 fully saturated rings. The van der Waals surface area contributed by atoms with E-state index in [4.69, 9.17) is 0 Å². The van der Waals surface area contributed by atoms with Crippen LogP contribution in [0.25, 0.3) is 16.8 Å². The summed E-state index contributed by atoms with van der Waals surface area (Å²) in [5, 5.41) is 0. The zero-order valence-electron chi connectivity index (χ0n) is 13.3. The number of aromatic nitrogens is 3. The van der Waals surface area contributed by atoms with Gasteiger partial charge in [0.25, 0.3) is 0 Å². The van der Waals surface area contributed by atoms with Crippen molar-refractivity contribution >= 4 is 5.52 Å². The summed E-state index contributed by atoms with van der Waals surface area (Å²) in [6, 6.07) is 13.4. The van der Waals surface area contributed by atoms with Crippen LogP contribution in [-0.2, 0) is 6.42 Å². The van der Waals surface area contributed by atoms with Crippen LogP contribution < -0.4 is 0 Å². The minimum absolute atomic E-state index is 0.192. The van der Waals surface area contributed by atoms with Crippen molar-refractivity contribution < 1.29 is 4.39 Å². The maximum absolute atomic E-state index is 13.6. The Morgan fingerprint density at radius 1 is 1.12 bits per heavy atom. The second-order valence-corrected chi connectivity index (χ2v) is 5.91. The van der Waals surface area contributed by atoms with Crippen LogP contribution in [-0.4, -0.2) is 14.4 Å². The molecule has 0 N–H and O–H groups in total. The van der Waals surface area contributed by atoms with Crippen molar-refractivity contribution in [3.63, 3.8) is 0 Å². The summed E-state index contributed by atoms with van der Waals surface area (Å²) in [6.45, 7) is 1.77. The first-order valence-electron chi connectivity index (χ1n) is 7.82. The average molecular weight is 317 g/mol. The van der Waals surface area contributed by atoms with Gasteiger partial charge >= 0.3 is 0 Å². The van der Waals surface area contributed by atoms with E-state index in [9.17, 15) is 4.39 Å². The summed E-state index contributed by atoms with van der Waals surface area (Å²) >= 11 is 0. The third kappa shape index (κ3) is 2.67. The molecular formula is C20H16FN3. The number of fused-ring (bicyclic) bond motifs is 1. The molecule has 0 radical (unpaired) electrons. The lowest BCUT2D eigenvalue weighted by Crippen LogP contribution is -1.96. The Balaban J connectivity index is 1.74. The summed E-state index contributed by atoms with van der Waals surface area (Å²) in [5.74, 6) is -0.192. The van der Waals surface area contributed by atoms with Crippen LogP contribution in [0.15, 0.2) is 67.4 Å². The lowest BCUT2D eigenvalue weighted by Gasteiger charge is -2.10. The summed E-state index contributed by atoms with van der Waals surface area (Å²) in [5.41, 5.74) is 5.84. The fraction of sp³-hybridized carbons (Fsp3) is 0.100. The maximum Gasteiger partial charge on any atom is 0.126 e. The average Bonchev–Trinajstić information content (AvgIpc) is 3.06. The normalized spacial score (nSPS) is 11.1. The molecule has 118 valence electrons. The first-order chi connectivity index (χ1) is 11.7. The van der Waals surface area contributed by atoms with Gasteiger partial charge in [-0.15, -0.1) is 0 Å². The van der Waals surface area contributed by atoms with Gasteiger partial charge in [0.05, 0.1) is 23.7 Å². The third-order valence-electron chi connectivity index (χ3n) is 4.20. The molecule has 0 unspecified atom stereocenters. The summed E-state index contributed by atoms with van der Waals surface area (Å²) in [7, 11) is 0. The maximum atomic E-state index is 13.6. The number of benzene rings is 1. The molecule has 0 aliphatic rings. The molecule has 3 nitrogen and oxygen atoms in total. The molecule has 0 aliphatic heterocycles. The molecule has 0 aliphatic carbocycles. The molecule has 4 heteroatoms. The van der Waals surface area contributed by atoms with Gasteiger partial charge in [-0.2, -0.15) is 0 Å². The van der Waals surface area contributed by atoms with E-state index in [1.807, 2.05) is 28.9 Å². The Morgan fingerprint density at radius 3 is 2.92 bits per heavy atom. The van der Waals surface area contributed by atoms with Gasteiger partial charge < -0.3 is 4.40 Å². The van der Waals surface area contributed by atoms with E-state index in [-0.39, 0.29) is 5.82 Å². The van der Waals surface area contributed by atoms with Crippen LogP contribution in [0.2, 0.25) is 0 Å². The standard InChI is InChI=1S/C20H16FN3/c1-14-9-17(4-5-19(14)21)20-16(3-2-7-23-20)10-15-6-8-24-13-22-12-18(24)11-15/h2-9,11-13H,10H2,1H3. The fourth-order valence-corrected chi connectivity index (χ4v) is 2.93. The Bertz CT molecular complexity index is 1020. The van der Waals surface area contributed by atoms with E-state index in [0.29, 0.717) is 5.56 Å². The summed E-state index contributed by atoms with van der Waals surface area (Å²) in [4.78, 5) is 8.68. The van der Waals surface area contributed by atoms with Gasteiger partial charge in [0, 0.05) is 18.0 Å². The predicted molar refractivity (Wildman–Crippen MR) is 92.4 cm³/mol. The van der Waals surface area contributed by atoms with E-state index < -0.39 is 0 Å². The van der Waals surface area contributed by atoms with E-state index in [1.54, 1.807) is 25.5 Å². The molecule has 0 saturated carbocycles. The zero-order chi connectivity index (χ0) is 16.5. The van der Waals surface area contributed by atoms with Crippen molar-refractivity contribution in [2.75, 3.05) is 0 Å². The smallest absolute Gasteiger partial charge is 0.126 e. The van der Waals surface area contributed by atoms with Gasteiger partial charge in [0.1, 0.15) is 5.82 Å². The van der Waals surface area contributed by atoms with Crippen LogP contribution in [0.4, 0.5) is 4.39 Å². The minimum Gasteiger partial charge on any atom is -0.306 e. The zero-order valence-corrected chi connectivity index (χ0v) is 13.3. The van der Waals surface area contributed by atoms with Gasteiger partial charge in [0.2, 0.25) is 0 Å². The van der Waals surface area contributed by atoms with Crippen LogP contribution >= 0.6 is 0 Å². The highest BCUT2D eigenvalue weighted by Gasteiger charge is 2.09. The van der Waals surface area contributed by atoms with Gasteiger partial charge in [-0.25, -0.2) is 9.37 Å². The number of hydrogen-bond donors (Lipinski definition) is 0. The molecular weight excluding hydrogens is 301 g/mol. The molecule has 3 heterocycles. The molecule has 0 atom stereocenters. The molecule has 0 saturated heterocycles.